The SMILES string of the molecule is CN=C(NCCCOCC1CCOC1)NCC1(CCOC)CCC1.I. The molecule has 1 saturated heterocycles. The third-order valence-electron chi connectivity index (χ3n) is 5.24. The Morgan fingerprint density at radius 3 is 2.72 bits per heavy atom. The smallest absolute Gasteiger partial charge is 0.190 e. The normalized spacial score (nSPS) is 22.2. The monoisotopic (exact) mass is 469 g/mol. The van der Waals surface area contributed by atoms with Crippen LogP contribution < -0.4 is 10.6 Å². The summed E-state index contributed by atoms with van der Waals surface area (Å²) in [6.07, 6.45) is 7.17. The Labute approximate surface area is 169 Å². The van der Waals surface area contributed by atoms with E-state index < -0.39 is 0 Å². The molecule has 148 valence electrons. The Morgan fingerprint density at radius 1 is 1.28 bits per heavy atom. The van der Waals surface area contributed by atoms with Crippen LogP contribution in [0.5, 0.6) is 0 Å². The number of rotatable bonds is 11. The summed E-state index contributed by atoms with van der Waals surface area (Å²) in [5.74, 6) is 1.49. The fraction of sp³-hybridized carbons (Fsp3) is 0.944. The summed E-state index contributed by atoms with van der Waals surface area (Å²) in [4.78, 5) is 4.32. The van der Waals surface area contributed by atoms with E-state index in [9.17, 15) is 0 Å². The lowest BCUT2D eigenvalue weighted by molar-refractivity contribution is 0.0732. The number of ether oxygens (including phenoxy) is 3. The highest BCUT2D eigenvalue weighted by Crippen LogP contribution is 2.43. The summed E-state index contributed by atoms with van der Waals surface area (Å²) < 4.78 is 16.3. The maximum atomic E-state index is 5.72. The summed E-state index contributed by atoms with van der Waals surface area (Å²) in [7, 11) is 3.61. The van der Waals surface area contributed by atoms with Crippen molar-refractivity contribution >= 4 is 29.9 Å². The highest BCUT2D eigenvalue weighted by Gasteiger charge is 2.36. The summed E-state index contributed by atoms with van der Waals surface area (Å²) in [5.41, 5.74) is 0.403. The standard InChI is InChI=1S/C18H35N3O3.HI/c1-19-17(21-15-18(6-3-7-18)8-12-22-2)20-9-4-10-23-13-16-5-11-24-14-16;/h16H,3-15H2,1-2H3,(H2,19,20,21);1H. The van der Waals surface area contributed by atoms with Gasteiger partial charge in [-0.1, -0.05) is 6.42 Å². The van der Waals surface area contributed by atoms with E-state index in [0.717, 1.165) is 71.3 Å². The molecule has 1 heterocycles. The van der Waals surface area contributed by atoms with E-state index in [-0.39, 0.29) is 24.0 Å². The molecule has 1 aliphatic heterocycles. The van der Waals surface area contributed by atoms with Gasteiger partial charge in [0, 0.05) is 53.0 Å². The van der Waals surface area contributed by atoms with Crippen LogP contribution in [0.15, 0.2) is 4.99 Å². The van der Waals surface area contributed by atoms with Gasteiger partial charge in [0.1, 0.15) is 0 Å². The second-order valence-electron chi connectivity index (χ2n) is 7.11. The van der Waals surface area contributed by atoms with Crippen molar-refractivity contribution in [3.63, 3.8) is 0 Å². The molecule has 2 rings (SSSR count). The average Bonchev–Trinajstić information content (AvgIpc) is 3.08. The van der Waals surface area contributed by atoms with Crippen molar-refractivity contribution in [1.29, 1.82) is 0 Å². The van der Waals surface area contributed by atoms with Crippen LogP contribution in [0, 0.1) is 11.3 Å². The van der Waals surface area contributed by atoms with Gasteiger partial charge in [0.25, 0.3) is 0 Å². The molecule has 1 atom stereocenters. The molecule has 1 saturated carbocycles. The molecule has 0 radical (unpaired) electrons. The van der Waals surface area contributed by atoms with E-state index in [2.05, 4.69) is 15.6 Å². The fourth-order valence-corrected chi connectivity index (χ4v) is 3.35. The van der Waals surface area contributed by atoms with Gasteiger partial charge in [0.05, 0.1) is 13.2 Å². The van der Waals surface area contributed by atoms with Crippen molar-refractivity contribution in [2.75, 3.05) is 60.3 Å². The molecule has 0 amide bonds. The van der Waals surface area contributed by atoms with E-state index in [4.69, 9.17) is 14.2 Å². The van der Waals surface area contributed by atoms with Crippen molar-refractivity contribution in [2.24, 2.45) is 16.3 Å². The minimum Gasteiger partial charge on any atom is -0.385 e. The lowest BCUT2D eigenvalue weighted by Crippen LogP contribution is -2.47. The highest BCUT2D eigenvalue weighted by molar-refractivity contribution is 14.0. The molecule has 0 aromatic carbocycles. The zero-order valence-electron chi connectivity index (χ0n) is 15.8. The van der Waals surface area contributed by atoms with E-state index in [1.807, 2.05) is 7.05 Å². The summed E-state index contributed by atoms with van der Waals surface area (Å²) in [6, 6.07) is 0. The number of nitrogens with one attached hydrogen (secondary N) is 2. The molecular formula is C18H36IN3O3. The maximum Gasteiger partial charge on any atom is 0.190 e. The third kappa shape index (κ3) is 8.41. The van der Waals surface area contributed by atoms with Crippen molar-refractivity contribution in [1.82, 2.24) is 10.6 Å². The van der Waals surface area contributed by atoms with E-state index in [0.29, 0.717) is 11.3 Å². The molecule has 6 nitrogen and oxygen atoms in total. The van der Waals surface area contributed by atoms with Gasteiger partial charge in [0.15, 0.2) is 5.96 Å². The van der Waals surface area contributed by atoms with E-state index >= 15 is 0 Å². The van der Waals surface area contributed by atoms with Crippen molar-refractivity contribution in [3.8, 4) is 0 Å². The van der Waals surface area contributed by atoms with Gasteiger partial charge < -0.3 is 24.8 Å². The first-order valence-electron chi connectivity index (χ1n) is 9.37. The first-order valence-corrected chi connectivity index (χ1v) is 9.37. The molecule has 25 heavy (non-hydrogen) atoms. The predicted octanol–water partition coefficient (Wildman–Crippen LogP) is 2.42. The summed E-state index contributed by atoms with van der Waals surface area (Å²) in [6.45, 7) is 6.08. The molecule has 0 bridgehead atoms. The molecule has 0 aromatic heterocycles. The van der Waals surface area contributed by atoms with E-state index in [1.165, 1.54) is 19.3 Å². The van der Waals surface area contributed by atoms with Gasteiger partial charge in [-0.2, -0.15) is 0 Å². The second kappa shape index (κ2) is 13.1. The molecule has 1 unspecified atom stereocenters. The largest absolute Gasteiger partial charge is 0.385 e. The van der Waals surface area contributed by atoms with Gasteiger partial charge in [-0.3, -0.25) is 4.99 Å². The van der Waals surface area contributed by atoms with Gasteiger partial charge in [-0.25, -0.2) is 0 Å². The Morgan fingerprint density at radius 2 is 2.12 bits per heavy atom. The van der Waals surface area contributed by atoms with Gasteiger partial charge in [-0.15, -0.1) is 24.0 Å². The van der Waals surface area contributed by atoms with E-state index in [1.54, 1.807) is 7.11 Å². The first-order chi connectivity index (χ1) is 11.8. The van der Waals surface area contributed by atoms with Crippen LogP contribution >= 0.6 is 24.0 Å². The van der Waals surface area contributed by atoms with Gasteiger partial charge >= 0.3 is 0 Å². The van der Waals surface area contributed by atoms with Crippen LogP contribution in [0.1, 0.15) is 38.5 Å². The minimum absolute atomic E-state index is 0. The molecule has 2 fully saturated rings. The molecule has 0 spiro atoms. The van der Waals surface area contributed by atoms with Crippen LogP contribution in [0.2, 0.25) is 0 Å². The average molecular weight is 469 g/mol. The molecule has 2 N–H and O–H groups in total. The minimum atomic E-state index is 0. The van der Waals surface area contributed by atoms with Crippen molar-refractivity contribution in [3.05, 3.63) is 0 Å². The van der Waals surface area contributed by atoms with Crippen LogP contribution in [0.3, 0.4) is 0 Å². The van der Waals surface area contributed by atoms with Crippen LogP contribution in [-0.2, 0) is 14.2 Å². The molecule has 7 heteroatoms. The topological polar surface area (TPSA) is 64.1 Å². The van der Waals surface area contributed by atoms with Crippen LogP contribution in [0.4, 0.5) is 0 Å². The lowest BCUT2D eigenvalue weighted by atomic mass is 9.67. The van der Waals surface area contributed by atoms with Crippen LogP contribution in [0.25, 0.3) is 0 Å². The summed E-state index contributed by atoms with van der Waals surface area (Å²) >= 11 is 0. The first kappa shape index (κ1) is 22.9. The van der Waals surface area contributed by atoms with Gasteiger partial charge in [0.2, 0.25) is 0 Å². The molecule has 2 aliphatic rings. The quantitative estimate of drug-likeness (QED) is 0.211. The Bertz CT molecular complexity index is 373. The lowest BCUT2D eigenvalue weighted by Gasteiger charge is -2.42. The van der Waals surface area contributed by atoms with Crippen molar-refractivity contribution in [2.45, 2.75) is 38.5 Å². The zero-order chi connectivity index (χ0) is 17.1. The predicted molar refractivity (Wildman–Crippen MR) is 112 cm³/mol. The number of aliphatic imine (C=N–C) groups is 1. The zero-order valence-corrected chi connectivity index (χ0v) is 18.2. The number of guanidine groups is 1. The number of halogens is 1. The molecular weight excluding hydrogens is 433 g/mol. The number of hydrogen-bond acceptors (Lipinski definition) is 4. The summed E-state index contributed by atoms with van der Waals surface area (Å²) in [5, 5.41) is 6.86. The van der Waals surface area contributed by atoms with Crippen LogP contribution in [-0.4, -0.2) is 66.2 Å². The Balaban J connectivity index is 0.00000312. The molecule has 0 aromatic rings. The molecule has 1 aliphatic carbocycles. The highest BCUT2D eigenvalue weighted by atomic mass is 127. The van der Waals surface area contributed by atoms with Crippen molar-refractivity contribution < 1.29 is 14.2 Å². The Kier molecular flexibility index (Phi) is 12.0. The third-order valence-corrected chi connectivity index (χ3v) is 5.24. The maximum absolute atomic E-state index is 5.72. The number of methoxy groups -OCH3 is 1. The number of hydrogen-bond donors (Lipinski definition) is 2. The Hall–Kier alpha value is -0.120. The number of nitrogens with zero attached hydrogens (tertiary/aromatic N) is 1. The second-order valence-corrected chi connectivity index (χ2v) is 7.11. The van der Waals surface area contributed by atoms with Gasteiger partial charge in [-0.05, 0) is 37.5 Å². The fourth-order valence-electron chi connectivity index (χ4n) is 3.35.